The van der Waals surface area contributed by atoms with E-state index in [1.54, 1.807) is 24.3 Å². The molecule has 2 heteroatoms. The fraction of sp³-hybridized carbons (Fsp3) is 0.125. The third-order valence-corrected chi connectivity index (χ3v) is 4.20. The lowest BCUT2D eigenvalue weighted by molar-refractivity contribution is 0.0735. The third-order valence-electron chi connectivity index (χ3n) is 4.20. The largest absolute Gasteiger partial charge is 0.423 e. The van der Waals surface area contributed by atoms with Crippen LogP contribution >= 0.6 is 0 Å². The maximum atomic E-state index is 12.3. The van der Waals surface area contributed by atoms with E-state index in [9.17, 15) is 4.79 Å². The van der Waals surface area contributed by atoms with Crippen molar-refractivity contribution in [2.45, 2.75) is 19.8 Å². The normalized spacial score (nSPS) is 10.2. The van der Waals surface area contributed by atoms with Crippen molar-refractivity contribution in [2.75, 3.05) is 0 Å². The van der Waals surface area contributed by atoms with Gasteiger partial charge >= 0.3 is 5.97 Å². The smallest absolute Gasteiger partial charge is 0.343 e. The van der Waals surface area contributed by atoms with Crippen LogP contribution in [0.4, 0.5) is 0 Å². The van der Waals surface area contributed by atoms with E-state index in [1.807, 2.05) is 24.3 Å². The number of rotatable bonds is 5. The lowest BCUT2D eigenvalue weighted by Crippen LogP contribution is -2.08. The lowest BCUT2D eigenvalue weighted by atomic mass is 10.0. The first-order valence-electron chi connectivity index (χ1n) is 8.57. The van der Waals surface area contributed by atoms with Gasteiger partial charge in [0.1, 0.15) is 5.75 Å². The number of esters is 1. The summed E-state index contributed by atoms with van der Waals surface area (Å²) < 4.78 is 5.44. The van der Waals surface area contributed by atoms with E-state index in [0.717, 1.165) is 23.1 Å². The summed E-state index contributed by atoms with van der Waals surface area (Å²) in [6, 6.07) is 23.2. The van der Waals surface area contributed by atoms with Crippen LogP contribution in [0.25, 0.3) is 11.1 Å². The lowest BCUT2D eigenvalue weighted by Gasteiger charge is -2.07. The molecular weight excluding hydrogens is 320 g/mol. The second kappa shape index (κ2) is 8.18. The van der Waals surface area contributed by atoms with Crippen LogP contribution in [-0.2, 0) is 6.42 Å². The van der Waals surface area contributed by atoms with Gasteiger partial charge in [-0.25, -0.2) is 4.79 Å². The average Bonchev–Trinajstić information content (AvgIpc) is 2.68. The number of benzene rings is 3. The first-order valence-corrected chi connectivity index (χ1v) is 8.57. The monoisotopic (exact) mass is 340 g/mol. The minimum atomic E-state index is -0.364. The standard InChI is InChI=1S/C24H20O2/c1-3-4-5-19-8-16-23(17-9-19)26-24(25)22-14-12-21(13-15-22)20-10-6-18(2)7-11-20/h1,6-17H,4-5H2,2H3. The molecule has 2 nitrogen and oxygen atoms in total. The van der Waals surface area contributed by atoms with Crippen LogP contribution in [0.5, 0.6) is 5.75 Å². The van der Waals surface area contributed by atoms with Gasteiger partial charge in [0.15, 0.2) is 0 Å². The molecule has 0 aliphatic carbocycles. The van der Waals surface area contributed by atoms with E-state index >= 15 is 0 Å². The van der Waals surface area contributed by atoms with Crippen molar-refractivity contribution >= 4 is 5.97 Å². The molecule has 0 aliphatic heterocycles. The third kappa shape index (κ3) is 4.40. The quantitative estimate of drug-likeness (QED) is 0.351. The Morgan fingerprint density at radius 2 is 1.46 bits per heavy atom. The first kappa shape index (κ1) is 17.5. The van der Waals surface area contributed by atoms with E-state index < -0.39 is 0 Å². The van der Waals surface area contributed by atoms with Gasteiger partial charge in [-0.1, -0.05) is 54.1 Å². The van der Waals surface area contributed by atoms with Crippen molar-refractivity contribution in [1.82, 2.24) is 0 Å². The van der Waals surface area contributed by atoms with E-state index in [4.69, 9.17) is 11.2 Å². The van der Waals surface area contributed by atoms with E-state index in [-0.39, 0.29) is 5.97 Å². The summed E-state index contributed by atoms with van der Waals surface area (Å²) in [5.41, 5.74) is 5.07. The van der Waals surface area contributed by atoms with Gasteiger partial charge in [-0.05, 0) is 54.3 Å². The first-order chi connectivity index (χ1) is 12.7. The summed E-state index contributed by atoms with van der Waals surface area (Å²) in [4.78, 5) is 12.3. The molecule has 0 saturated heterocycles. The molecule has 26 heavy (non-hydrogen) atoms. The zero-order chi connectivity index (χ0) is 18.4. The van der Waals surface area contributed by atoms with Crippen LogP contribution in [0.15, 0.2) is 72.8 Å². The van der Waals surface area contributed by atoms with Gasteiger partial charge in [0.05, 0.1) is 5.56 Å². The van der Waals surface area contributed by atoms with Crippen molar-refractivity contribution in [2.24, 2.45) is 0 Å². The van der Waals surface area contributed by atoms with Crippen LogP contribution in [0.2, 0.25) is 0 Å². The highest BCUT2D eigenvalue weighted by Crippen LogP contribution is 2.21. The Morgan fingerprint density at radius 1 is 0.885 bits per heavy atom. The van der Waals surface area contributed by atoms with E-state index in [2.05, 4.69) is 37.1 Å². The molecule has 3 rings (SSSR count). The Bertz CT molecular complexity index is 912. The van der Waals surface area contributed by atoms with Crippen LogP contribution in [-0.4, -0.2) is 5.97 Å². The molecular formula is C24H20O2. The van der Waals surface area contributed by atoms with Gasteiger partial charge in [-0.3, -0.25) is 0 Å². The number of hydrogen-bond acceptors (Lipinski definition) is 2. The van der Waals surface area contributed by atoms with Gasteiger partial charge in [0.25, 0.3) is 0 Å². The van der Waals surface area contributed by atoms with Crippen LogP contribution in [0.3, 0.4) is 0 Å². The predicted octanol–water partition coefficient (Wildman–Crippen LogP) is 5.45. The molecule has 3 aromatic carbocycles. The summed E-state index contributed by atoms with van der Waals surface area (Å²) in [6.45, 7) is 2.06. The molecule has 0 aliphatic rings. The number of aryl methyl sites for hydroxylation is 2. The molecule has 0 atom stereocenters. The fourth-order valence-corrected chi connectivity index (χ4v) is 2.65. The number of carbonyl (C=O) groups is 1. The average molecular weight is 340 g/mol. The number of terminal acetylenes is 1. The van der Waals surface area contributed by atoms with Crippen molar-refractivity contribution < 1.29 is 9.53 Å². The molecule has 0 saturated carbocycles. The Morgan fingerprint density at radius 3 is 2.04 bits per heavy atom. The molecule has 0 aromatic heterocycles. The summed E-state index contributed by atoms with van der Waals surface area (Å²) in [5, 5.41) is 0. The molecule has 0 unspecified atom stereocenters. The minimum Gasteiger partial charge on any atom is -0.423 e. The van der Waals surface area contributed by atoms with Crippen LogP contribution < -0.4 is 4.74 Å². The Labute approximate surface area is 154 Å². The molecule has 0 bridgehead atoms. The topological polar surface area (TPSA) is 26.3 Å². The zero-order valence-corrected chi connectivity index (χ0v) is 14.7. The zero-order valence-electron chi connectivity index (χ0n) is 14.7. The molecule has 0 fully saturated rings. The van der Waals surface area contributed by atoms with E-state index in [1.165, 1.54) is 5.56 Å². The van der Waals surface area contributed by atoms with Gasteiger partial charge in [0, 0.05) is 6.42 Å². The van der Waals surface area contributed by atoms with E-state index in [0.29, 0.717) is 17.7 Å². The van der Waals surface area contributed by atoms with Gasteiger partial charge in [0.2, 0.25) is 0 Å². The molecule has 128 valence electrons. The van der Waals surface area contributed by atoms with Gasteiger partial charge in [-0.15, -0.1) is 12.3 Å². The summed E-state index contributed by atoms with van der Waals surface area (Å²) >= 11 is 0. The van der Waals surface area contributed by atoms with Crippen LogP contribution in [0, 0.1) is 19.3 Å². The second-order valence-corrected chi connectivity index (χ2v) is 6.18. The van der Waals surface area contributed by atoms with Crippen molar-refractivity contribution in [3.8, 4) is 29.2 Å². The molecule has 3 aromatic rings. The molecule has 0 heterocycles. The number of hydrogen-bond donors (Lipinski definition) is 0. The van der Waals surface area contributed by atoms with Gasteiger partial charge in [-0.2, -0.15) is 0 Å². The maximum absolute atomic E-state index is 12.3. The fourth-order valence-electron chi connectivity index (χ4n) is 2.65. The van der Waals surface area contributed by atoms with Crippen LogP contribution in [0.1, 0.15) is 27.9 Å². The molecule has 0 radical (unpaired) electrons. The van der Waals surface area contributed by atoms with Crippen molar-refractivity contribution in [1.29, 1.82) is 0 Å². The molecule has 0 amide bonds. The van der Waals surface area contributed by atoms with Gasteiger partial charge < -0.3 is 4.74 Å². The molecule has 0 N–H and O–H groups in total. The summed E-state index contributed by atoms with van der Waals surface area (Å²) in [6.07, 6.45) is 6.80. The minimum absolute atomic E-state index is 0.364. The Balaban J connectivity index is 1.66. The highest BCUT2D eigenvalue weighted by atomic mass is 16.5. The number of ether oxygens (including phenoxy) is 1. The Hall–Kier alpha value is -3.31. The highest BCUT2D eigenvalue weighted by Gasteiger charge is 2.09. The highest BCUT2D eigenvalue weighted by molar-refractivity contribution is 5.91. The summed E-state index contributed by atoms with van der Waals surface area (Å²) in [7, 11) is 0. The number of carbonyl (C=O) groups excluding carboxylic acids is 1. The van der Waals surface area contributed by atoms with Crippen molar-refractivity contribution in [3.05, 3.63) is 89.5 Å². The Kier molecular flexibility index (Phi) is 5.51. The maximum Gasteiger partial charge on any atom is 0.343 e. The second-order valence-electron chi connectivity index (χ2n) is 6.18. The summed E-state index contributed by atoms with van der Waals surface area (Å²) in [5.74, 6) is 2.78. The molecule has 0 spiro atoms. The SMILES string of the molecule is C#CCCc1ccc(OC(=O)c2ccc(-c3ccc(C)cc3)cc2)cc1. The predicted molar refractivity (Wildman–Crippen MR) is 105 cm³/mol. The van der Waals surface area contributed by atoms with Crippen molar-refractivity contribution in [3.63, 3.8) is 0 Å².